The van der Waals surface area contributed by atoms with Crippen molar-refractivity contribution in [2.24, 2.45) is 0 Å². The number of hydrogen-bond acceptors (Lipinski definition) is 1. The van der Waals surface area contributed by atoms with Crippen molar-refractivity contribution in [3.8, 4) is 0 Å². The predicted octanol–water partition coefficient (Wildman–Crippen LogP) is 4.83. The van der Waals surface area contributed by atoms with E-state index >= 15 is 0 Å². The lowest BCUT2D eigenvalue weighted by atomic mass is 10.0. The van der Waals surface area contributed by atoms with Crippen LogP contribution in [0.15, 0.2) is 97.8 Å². The van der Waals surface area contributed by atoms with Crippen LogP contribution in [0.4, 0.5) is 0 Å². The molecule has 0 aliphatic rings. The third-order valence-electron chi connectivity index (χ3n) is 2.81. The lowest BCUT2D eigenvalue weighted by Gasteiger charge is -2.04. The lowest BCUT2D eigenvalue weighted by molar-refractivity contribution is 1.33. The summed E-state index contributed by atoms with van der Waals surface area (Å²) in [4.78, 5) is 3.78. The molecule has 0 unspecified atom stereocenters. The van der Waals surface area contributed by atoms with E-state index in [2.05, 4.69) is 35.8 Å². The number of hydrogen-bond donors (Lipinski definition) is 0. The first kappa shape index (κ1) is 13.8. The Kier molecular flexibility index (Phi) is 5.29. The Balaban J connectivity index is 0.000000205. The lowest BCUT2D eigenvalue weighted by Crippen LogP contribution is -1.84. The van der Waals surface area contributed by atoms with Crippen LogP contribution in [0.25, 0.3) is 5.57 Å². The van der Waals surface area contributed by atoms with Gasteiger partial charge in [-0.2, -0.15) is 0 Å². The maximum Gasteiger partial charge on any atom is 0.0267 e. The van der Waals surface area contributed by atoms with Crippen LogP contribution in [0.5, 0.6) is 0 Å². The molecule has 1 nitrogen and oxygen atoms in total. The van der Waals surface area contributed by atoms with Crippen molar-refractivity contribution in [2.45, 2.75) is 0 Å². The minimum Gasteiger partial charge on any atom is -0.265 e. The van der Waals surface area contributed by atoms with Crippen LogP contribution < -0.4 is 0 Å². The average molecular weight is 259 g/mol. The van der Waals surface area contributed by atoms with Crippen LogP contribution in [0.2, 0.25) is 0 Å². The second-order valence-electron chi connectivity index (χ2n) is 4.24. The zero-order chi connectivity index (χ0) is 14.0. The van der Waals surface area contributed by atoms with Gasteiger partial charge in [-0.3, -0.25) is 4.98 Å². The van der Waals surface area contributed by atoms with E-state index in [1.807, 2.05) is 54.6 Å². The molecule has 0 aliphatic heterocycles. The highest BCUT2D eigenvalue weighted by Crippen LogP contribution is 2.20. The first-order valence-electron chi connectivity index (χ1n) is 6.52. The molecule has 98 valence electrons. The summed E-state index contributed by atoms with van der Waals surface area (Å²) in [7, 11) is 0. The van der Waals surface area contributed by atoms with Gasteiger partial charge in [0.2, 0.25) is 0 Å². The van der Waals surface area contributed by atoms with Crippen molar-refractivity contribution >= 4 is 5.57 Å². The van der Waals surface area contributed by atoms with Crippen molar-refractivity contribution < 1.29 is 0 Å². The van der Waals surface area contributed by atoms with E-state index in [0.717, 1.165) is 5.57 Å². The van der Waals surface area contributed by atoms with Crippen LogP contribution in [0.1, 0.15) is 11.1 Å². The van der Waals surface area contributed by atoms with Crippen molar-refractivity contribution in [2.75, 3.05) is 0 Å². The van der Waals surface area contributed by atoms with Gasteiger partial charge in [0.25, 0.3) is 0 Å². The van der Waals surface area contributed by atoms with Crippen LogP contribution in [-0.2, 0) is 0 Å². The molecule has 0 spiro atoms. The van der Waals surface area contributed by atoms with E-state index in [4.69, 9.17) is 0 Å². The van der Waals surface area contributed by atoms with Gasteiger partial charge in [0.1, 0.15) is 0 Å². The SMILES string of the molecule is C=C(c1ccccc1)c1ccccc1.c1ccncc1. The molecule has 0 saturated carbocycles. The first-order valence-corrected chi connectivity index (χ1v) is 6.52. The summed E-state index contributed by atoms with van der Waals surface area (Å²) in [6.45, 7) is 4.10. The smallest absolute Gasteiger partial charge is 0.0267 e. The van der Waals surface area contributed by atoms with E-state index in [-0.39, 0.29) is 0 Å². The Morgan fingerprint density at radius 3 is 1.30 bits per heavy atom. The summed E-state index contributed by atoms with van der Waals surface area (Å²) in [5.74, 6) is 0. The van der Waals surface area contributed by atoms with Crippen LogP contribution in [-0.4, -0.2) is 4.98 Å². The van der Waals surface area contributed by atoms with Crippen molar-refractivity contribution in [1.82, 2.24) is 4.98 Å². The first-order chi connectivity index (χ1) is 9.88. The van der Waals surface area contributed by atoms with E-state index in [9.17, 15) is 0 Å². The molecule has 0 N–H and O–H groups in total. The molecule has 1 heterocycles. The van der Waals surface area contributed by atoms with Crippen molar-refractivity contribution in [3.05, 3.63) is 109 Å². The molecule has 3 rings (SSSR count). The second-order valence-corrected chi connectivity index (χ2v) is 4.24. The van der Waals surface area contributed by atoms with Gasteiger partial charge in [-0.15, -0.1) is 0 Å². The van der Waals surface area contributed by atoms with Crippen LogP contribution >= 0.6 is 0 Å². The van der Waals surface area contributed by atoms with E-state index in [1.54, 1.807) is 12.4 Å². The molecule has 0 radical (unpaired) electrons. The summed E-state index contributed by atoms with van der Waals surface area (Å²) >= 11 is 0. The zero-order valence-electron chi connectivity index (χ0n) is 11.3. The Bertz CT molecular complexity index is 547. The molecule has 3 aromatic rings. The third-order valence-corrected chi connectivity index (χ3v) is 2.81. The number of aromatic nitrogens is 1. The van der Waals surface area contributed by atoms with E-state index < -0.39 is 0 Å². The monoisotopic (exact) mass is 259 g/mol. The number of benzene rings is 2. The molecule has 1 heteroatoms. The Morgan fingerprint density at radius 1 is 0.600 bits per heavy atom. The van der Waals surface area contributed by atoms with E-state index in [1.165, 1.54) is 11.1 Å². The fraction of sp³-hybridized carbons (Fsp3) is 0. The Hall–Kier alpha value is -2.67. The fourth-order valence-corrected chi connectivity index (χ4v) is 1.76. The Morgan fingerprint density at radius 2 is 1.00 bits per heavy atom. The molecule has 0 amide bonds. The van der Waals surface area contributed by atoms with Crippen molar-refractivity contribution in [3.63, 3.8) is 0 Å². The fourth-order valence-electron chi connectivity index (χ4n) is 1.76. The summed E-state index contributed by atoms with van der Waals surface area (Å²) in [6.07, 6.45) is 3.50. The molecule has 0 saturated heterocycles. The van der Waals surface area contributed by atoms with Gasteiger partial charge in [-0.05, 0) is 28.8 Å². The molecule has 0 bridgehead atoms. The van der Waals surface area contributed by atoms with Gasteiger partial charge in [0.05, 0.1) is 0 Å². The standard InChI is InChI=1S/C14H12.C5H5N/c1-12(13-8-4-2-5-9-13)14-10-6-3-7-11-14;1-2-4-6-5-3-1/h2-11H,1H2;1-5H. The van der Waals surface area contributed by atoms with Gasteiger partial charge in [0, 0.05) is 12.4 Å². The highest BCUT2D eigenvalue weighted by Gasteiger charge is 1.99. The molecule has 20 heavy (non-hydrogen) atoms. The molecular weight excluding hydrogens is 242 g/mol. The van der Waals surface area contributed by atoms with Crippen LogP contribution in [0.3, 0.4) is 0 Å². The predicted molar refractivity (Wildman–Crippen MR) is 85.3 cm³/mol. The van der Waals surface area contributed by atoms with Gasteiger partial charge in [-0.1, -0.05) is 73.3 Å². The van der Waals surface area contributed by atoms with Crippen LogP contribution in [0, 0.1) is 0 Å². The zero-order valence-corrected chi connectivity index (χ0v) is 11.3. The Labute approximate surface area is 120 Å². The highest BCUT2D eigenvalue weighted by molar-refractivity contribution is 5.77. The average Bonchev–Trinajstić information content (AvgIpc) is 2.58. The summed E-state index contributed by atoms with van der Waals surface area (Å²) in [5, 5.41) is 0. The summed E-state index contributed by atoms with van der Waals surface area (Å²) in [5.41, 5.74) is 3.43. The minimum atomic E-state index is 1.08. The normalized spacial score (nSPS) is 9.20. The third kappa shape index (κ3) is 4.21. The van der Waals surface area contributed by atoms with Gasteiger partial charge >= 0.3 is 0 Å². The largest absolute Gasteiger partial charge is 0.265 e. The maximum atomic E-state index is 4.10. The molecule has 0 aliphatic carbocycles. The molecule has 0 fully saturated rings. The number of pyridine rings is 1. The second kappa shape index (κ2) is 7.70. The molecule has 0 atom stereocenters. The molecule has 2 aromatic carbocycles. The number of nitrogens with zero attached hydrogens (tertiary/aromatic N) is 1. The topological polar surface area (TPSA) is 12.9 Å². The highest BCUT2D eigenvalue weighted by atomic mass is 14.6. The molecular formula is C19H17N. The number of rotatable bonds is 2. The maximum absolute atomic E-state index is 4.10. The van der Waals surface area contributed by atoms with Gasteiger partial charge in [0.15, 0.2) is 0 Å². The summed E-state index contributed by atoms with van der Waals surface area (Å²) < 4.78 is 0. The van der Waals surface area contributed by atoms with Gasteiger partial charge in [-0.25, -0.2) is 0 Å². The molecule has 1 aromatic heterocycles. The van der Waals surface area contributed by atoms with Crippen molar-refractivity contribution in [1.29, 1.82) is 0 Å². The minimum absolute atomic E-state index is 1.08. The van der Waals surface area contributed by atoms with E-state index in [0.29, 0.717) is 0 Å². The van der Waals surface area contributed by atoms with Gasteiger partial charge < -0.3 is 0 Å². The quantitative estimate of drug-likeness (QED) is 0.642. The summed E-state index contributed by atoms with van der Waals surface area (Å²) in [6, 6.07) is 26.2.